The third-order valence-corrected chi connectivity index (χ3v) is 4.51. The summed E-state index contributed by atoms with van der Waals surface area (Å²) in [6, 6.07) is 8.49. The lowest BCUT2D eigenvalue weighted by atomic mass is 9.97. The fourth-order valence-electron chi connectivity index (χ4n) is 2.51. The van der Waals surface area contributed by atoms with Gasteiger partial charge in [0.1, 0.15) is 5.01 Å². The molecule has 0 radical (unpaired) electrons. The average molecular weight is 258 g/mol. The highest BCUT2D eigenvalue weighted by atomic mass is 32.1. The normalized spacial score (nSPS) is 19.9. The highest BCUT2D eigenvalue weighted by Crippen LogP contribution is 2.31. The van der Waals surface area contributed by atoms with Crippen LogP contribution in [-0.2, 0) is 0 Å². The number of nitrogens with one attached hydrogen (secondary N) is 1. The van der Waals surface area contributed by atoms with Crippen molar-refractivity contribution in [2.24, 2.45) is 0 Å². The first-order valence-corrected chi connectivity index (χ1v) is 7.44. The molecule has 1 aliphatic heterocycles. The van der Waals surface area contributed by atoms with Crippen molar-refractivity contribution in [3.63, 3.8) is 0 Å². The van der Waals surface area contributed by atoms with Crippen LogP contribution < -0.4 is 5.32 Å². The summed E-state index contributed by atoms with van der Waals surface area (Å²) in [7, 11) is 0. The fourth-order valence-corrected chi connectivity index (χ4v) is 3.51. The summed E-state index contributed by atoms with van der Waals surface area (Å²) in [5.41, 5.74) is 3.85. The van der Waals surface area contributed by atoms with E-state index in [2.05, 4.69) is 41.9 Å². The Bertz CT molecular complexity index is 527. The maximum absolute atomic E-state index is 4.84. The number of nitrogens with zero attached hydrogens (tertiary/aromatic N) is 1. The number of aryl methyl sites for hydroxylation is 1. The number of benzene rings is 1. The molecule has 0 spiro atoms. The van der Waals surface area contributed by atoms with E-state index in [4.69, 9.17) is 4.98 Å². The molecule has 1 saturated heterocycles. The van der Waals surface area contributed by atoms with Gasteiger partial charge in [0.15, 0.2) is 0 Å². The molecule has 1 aliphatic rings. The molecule has 3 heteroatoms. The summed E-state index contributed by atoms with van der Waals surface area (Å²) in [4.78, 5) is 4.84. The van der Waals surface area contributed by atoms with Crippen LogP contribution in [0, 0.1) is 6.92 Å². The maximum atomic E-state index is 4.84. The number of rotatable bonds is 2. The standard InChI is InChI=1S/C15H18N2S/c1-11-5-2-3-7-13(11)15-17-14(10-18-15)12-6-4-8-16-9-12/h2-3,5,7,10,12,16H,4,6,8-9H2,1H3. The zero-order valence-electron chi connectivity index (χ0n) is 10.6. The predicted molar refractivity (Wildman–Crippen MR) is 77.1 cm³/mol. The Morgan fingerprint density at radius 3 is 3.00 bits per heavy atom. The maximum Gasteiger partial charge on any atom is 0.123 e. The Hall–Kier alpha value is -1.19. The molecule has 94 valence electrons. The summed E-state index contributed by atoms with van der Waals surface area (Å²) >= 11 is 1.77. The van der Waals surface area contributed by atoms with Gasteiger partial charge in [-0.25, -0.2) is 4.98 Å². The van der Waals surface area contributed by atoms with Gasteiger partial charge >= 0.3 is 0 Å². The highest BCUT2D eigenvalue weighted by molar-refractivity contribution is 7.13. The second kappa shape index (κ2) is 5.21. The molecule has 0 aliphatic carbocycles. The Morgan fingerprint density at radius 2 is 2.22 bits per heavy atom. The molecule has 1 fully saturated rings. The van der Waals surface area contributed by atoms with Gasteiger partial charge < -0.3 is 5.32 Å². The summed E-state index contributed by atoms with van der Waals surface area (Å²) in [6.45, 7) is 4.39. The first-order valence-electron chi connectivity index (χ1n) is 6.57. The van der Waals surface area contributed by atoms with E-state index in [0.717, 1.165) is 18.1 Å². The minimum atomic E-state index is 0.604. The van der Waals surface area contributed by atoms with Crippen molar-refractivity contribution in [2.45, 2.75) is 25.7 Å². The van der Waals surface area contributed by atoms with E-state index < -0.39 is 0 Å². The van der Waals surface area contributed by atoms with Gasteiger partial charge in [-0.2, -0.15) is 0 Å². The molecular weight excluding hydrogens is 240 g/mol. The van der Waals surface area contributed by atoms with Gasteiger partial charge in [0.25, 0.3) is 0 Å². The molecule has 1 aromatic carbocycles. The van der Waals surface area contributed by atoms with Crippen molar-refractivity contribution in [3.05, 3.63) is 40.9 Å². The molecule has 2 heterocycles. The molecule has 18 heavy (non-hydrogen) atoms. The van der Waals surface area contributed by atoms with E-state index in [1.165, 1.54) is 29.7 Å². The molecule has 1 unspecified atom stereocenters. The van der Waals surface area contributed by atoms with Gasteiger partial charge in [-0.05, 0) is 31.9 Å². The van der Waals surface area contributed by atoms with Crippen molar-refractivity contribution in [3.8, 4) is 10.6 Å². The summed E-state index contributed by atoms with van der Waals surface area (Å²) in [5, 5.41) is 6.85. The number of thiazole rings is 1. The monoisotopic (exact) mass is 258 g/mol. The van der Waals surface area contributed by atoms with Crippen LogP contribution in [-0.4, -0.2) is 18.1 Å². The lowest BCUT2D eigenvalue weighted by Crippen LogP contribution is -2.28. The van der Waals surface area contributed by atoms with Gasteiger partial charge in [0.05, 0.1) is 5.69 Å². The van der Waals surface area contributed by atoms with E-state index in [9.17, 15) is 0 Å². The van der Waals surface area contributed by atoms with Crippen LogP contribution >= 0.6 is 11.3 Å². The Morgan fingerprint density at radius 1 is 1.33 bits per heavy atom. The second-order valence-corrected chi connectivity index (χ2v) is 5.79. The molecule has 0 saturated carbocycles. The largest absolute Gasteiger partial charge is 0.316 e. The minimum Gasteiger partial charge on any atom is -0.316 e. The van der Waals surface area contributed by atoms with Crippen LogP contribution in [0.25, 0.3) is 10.6 Å². The molecule has 0 amide bonds. The highest BCUT2D eigenvalue weighted by Gasteiger charge is 2.18. The average Bonchev–Trinajstić information content (AvgIpc) is 2.90. The van der Waals surface area contributed by atoms with E-state index in [1.807, 2.05) is 0 Å². The Labute approximate surface area is 112 Å². The van der Waals surface area contributed by atoms with Gasteiger partial charge in [-0.15, -0.1) is 11.3 Å². The molecular formula is C15H18N2S. The van der Waals surface area contributed by atoms with Crippen LogP contribution in [0.3, 0.4) is 0 Å². The second-order valence-electron chi connectivity index (χ2n) is 4.94. The Kier molecular flexibility index (Phi) is 3.43. The predicted octanol–water partition coefficient (Wildman–Crippen LogP) is 3.59. The number of hydrogen-bond acceptors (Lipinski definition) is 3. The van der Waals surface area contributed by atoms with Gasteiger partial charge in [-0.3, -0.25) is 0 Å². The SMILES string of the molecule is Cc1ccccc1-c1nc(C2CCCNC2)cs1. The van der Waals surface area contributed by atoms with Crippen molar-refractivity contribution in [1.29, 1.82) is 0 Å². The molecule has 3 rings (SSSR count). The van der Waals surface area contributed by atoms with Crippen LogP contribution in [0.2, 0.25) is 0 Å². The van der Waals surface area contributed by atoms with E-state index in [1.54, 1.807) is 11.3 Å². The summed E-state index contributed by atoms with van der Waals surface area (Å²) in [6.07, 6.45) is 2.53. The van der Waals surface area contributed by atoms with Crippen molar-refractivity contribution in [1.82, 2.24) is 10.3 Å². The van der Waals surface area contributed by atoms with Crippen LogP contribution in [0.15, 0.2) is 29.6 Å². The van der Waals surface area contributed by atoms with Crippen molar-refractivity contribution < 1.29 is 0 Å². The number of piperidine rings is 1. The number of hydrogen-bond donors (Lipinski definition) is 1. The Balaban J connectivity index is 1.87. The third kappa shape index (κ3) is 2.33. The van der Waals surface area contributed by atoms with Crippen LogP contribution in [0.1, 0.15) is 30.0 Å². The molecule has 1 aromatic heterocycles. The van der Waals surface area contributed by atoms with Crippen LogP contribution in [0.5, 0.6) is 0 Å². The smallest absolute Gasteiger partial charge is 0.123 e. The minimum absolute atomic E-state index is 0.604. The first-order chi connectivity index (χ1) is 8.84. The molecule has 1 N–H and O–H groups in total. The molecule has 2 nitrogen and oxygen atoms in total. The lowest BCUT2D eigenvalue weighted by Gasteiger charge is -2.20. The van der Waals surface area contributed by atoms with Crippen LogP contribution in [0.4, 0.5) is 0 Å². The number of aromatic nitrogens is 1. The van der Waals surface area contributed by atoms with E-state index in [0.29, 0.717) is 5.92 Å². The lowest BCUT2D eigenvalue weighted by molar-refractivity contribution is 0.456. The molecule has 1 atom stereocenters. The topological polar surface area (TPSA) is 24.9 Å². The van der Waals surface area contributed by atoms with E-state index >= 15 is 0 Å². The molecule has 0 bridgehead atoms. The van der Waals surface area contributed by atoms with Crippen molar-refractivity contribution in [2.75, 3.05) is 13.1 Å². The fraction of sp³-hybridized carbons (Fsp3) is 0.400. The summed E-state index contributed by atoms with van der Waals surface area (Å²) < 4.78 is 0. The first kappa shape index (κ1) is 11.9. The van der Waals surface area contributed by atoms with E-state index in [-0.39, 0.29) is 0 Å². The van der Waals surface area contributed by atoms with Gasteiger partial charge in [0.2, 0.25) is 0 Å². The van der Waals surface area contributed by atoms with Crippen molar-refractivity contribution >= 4 is 11.3 Å². The quantitative estimate of drug-likeness (QED) is 0.890. The zero-order chi connectivity index (χ0) is 12.4. The third-order valence-electron chi connectivity index (χ3n) is 3.61. The summed E-state index contributed by atoms with van der Waals surface area (Å²) in [5.74, 6) is 0.604. The van der Waals surface area contributed by atoms with Gasteiger partial charge in [0, 0.05) is 23.4 Å². The zero-order valence-corrected chi connectivity index (χ0v) is 11.5. The molecule has 2 aromatic rings. The van der Waals surface area contributed by atoms with Gasteiger partial charge in [-0.1, -0.05) is 24.3 Å².